The highest BCUT2D eigenvalue weighted by atomic mass is 32.2. The van der Waals surface area contributed by atoms with Gasteiger partial charge in [-0.2, -0.15) is 4.98 Å². The highest BCUT2D eigenvalue weighted by Gasteiger charge is 2.07. The van der Waals surface area contributed by atoms with Crippen LogP contribution in [-0.4, -0.2) is 24.9 Å². The predicted molar refractivity (Wildman–Crippen MR) is 103 cm³/mol. The highest BCUT2D eigenvalue weighted by Crippen LogP contribution is 2.13. The topological polar surface area (TPSA) is 123 Å². The Morgan fingerprint density at radius 3 is 2.56 bits per heavy atom. The van der Waals surface area contributed by atoms with Crippen LogP contribution in [0.1, 0.15) is 17.0 Å². The molecule has 9 heteroatoms. The number of nitrogens with zero attached hydrogens (tertiary/aromatic N) is 2. The second-order valence-electron chi connectivity index (χ2n) is 6.02. The third kappa shape index (κ3) is 5.53. The number of furan rings is 1. The molecule has 0 atom stereocenters. The van der Waals surface area contributed by atoms with Crippen LogP contribution in [0.25, 0.3) is 0 Å². The van der Waals surface area contributed by atoms with Crippen LogP contribution in [0.2, 0.25) is 0 Å². The van der Waals surface area contributed by atoms with E-state index < -0.39 is 10.0 Å². The zero-order chi connectivity index (χ0) is 19.3. The van der Waals surface area contributed by atoms with Gasteiger partial charge in [0.15, 0.2) is 0 Å². The second kappa shape index (κ2) is 8.19. The summed E-state index contributed by atoms with van der Waals surface area (Å²) >= 11 is 0. The summed E-state index contributed by atoms with van der Waals surface area (Å²) in [5, 5.41) is 11.5. The van der Waals surface area contributed by atoms with Gasteiger partial charge in [-0.05, 0) is 43.2 Å². The summed E-state index contributed by atoms with van der Waals surface area (Å²) in [6, 6.07) is 12.1. The molecule has 0 radical (unpaired) electrons. The maximum absolute atomic E-state index is 11.3. The molecule has 3 rings (SSSR count). The fraction of sp³-hybridized carbons (Fsp3) is 0.222. The van der Waals surface area contributed by atoms with Crippen LogP contribution < -0.4 is 15.8 Å². The van der Waals surface area contributed by atoms with Gasteiger partial charge in [0.2, 0.25) is 16.0 Å². The molecule has 0 unspecified atom stereocenters. The number of nitrogens with two attached hydrogens (primary N) is 1. The van der Waals surface area contributed by atoms with Crippen LogP contribution in [-0.2, 0) is 23.0 Å². The van der Waals surface area contributed by atoms with E-state index in [1.165, 1.54) is 12.1 Å². The van der Waals surface area contributed by atoms with Crippen molar-refractivity contribution in [2.24, 2.45) is 5.14 Å². The fourth-order valence-electron chi connectivity index (χ4n) is 2.49. The zero-order valence-corrected chi connectivity index (χ0v) is 15.7. The Hall–Kier alpha value is -2.91. The number of nitrogens with one attached hydrogen (secondary N) is 2. The molecule has 0 spiro atoms. The maximum atomic E-state index is 11.3. The summed E-state index contributed by atoms with van der Waals surface area (Å²) < 4.78 is 27.8. The third-order valence-electron chi connectivity index (χ3n) is 3.83. The Morgan fingerprint density at radius 2 is 1.89 bits per heavy atom. The summed E-state index contributed by atoms with van der Waals surface area (Å²) in [5.74, 6) is 2.06. The quantitative estimate of drug-likeness (QED) is 0.542. The van der Waals surface area contributed by atoms with E-state index in [0.717, 1.165) is 17.0 Å². The third-order valence-corrected chi connectivity index (χ3v) is 4.76. The van der Waals surface area contributed by atoms with E-state index in [-0.39, 0.29) is 4.90 Å². The summed E-state index contributed by atoms with van der Waals surface area (Å²) in [4.78, 5) is 8.92. The summed E-state index contributed by atoms with van der Waals surface area (Å²) in [6.07, 6.45) is 2.32. The van der Waals surface area contributed by atoms with E-state index in [4.69, 9.17) is 9.56 Å². The first-order valence-electron chi connectivity index (χ1n) is 8.38. The first kappa shape index (κ1) is 18.9. The van der Waals surface area contributed by atoms with Crippen molar-refractivity contribution in [3.63, 3.8) is 0 Å². The van der Waals surface area contributed by atoms with E-state index in [2.05, 4.69) is 20.6 Å². The lowest BCUT2D eigenvalue weighted by Crippen LogP contribution is -2.12. The van der Waals surface area contributed by atoms with Crippen LogP contribution in [0.4, 0.5) is 11.8 Å². The molecule has 0 bridgehead atoms. The van der Waals surface area contributed by atoms with Crippen LogP contribution in [0, 0.1) is 6.92 Å². The Balaban J connectivity index is 1.56. The Kier molecular flexibility index (Phi) is 5.72. The fourth-order valence-corrected chi connectivity index (χ4v) is 3.01. The average Bonchev–Trinajstić information content (AvgIpc) is 3.13. The first-order valence-corrected chi connectivity index (χ1v) is 9.92. The SMILES string of the molecule is Cc1cc(NCc2ccco2)nc(NCCc2ccc(S(N)(=O)=O)cc2)n1. The molecule has 142 valence electrons. The number of anilines is 2. The molecular weight excluding hydrogens is 366 g/mol. The van der Waals surface area contributed by atoms with Crippen LogP contribution in [0.15, 0.2) is 58.0 Å². The molecule has 2 aromatic heterocycles. The van der Waals surface area contributed by atoms with Gasteiger partial charge in [0.05, 0.1) is 17.7 Å². The highest BCUT2D eigenvalue weighted by molar-refractivity contribution is 7.89. The number of hydrogen-bond donors (Lipinski definition) is 3. The molecular formula is C18H21N5O3S. The molecule has 1 aromatic carbocycles. The number of primary sulfonamides is 1. The Morgan fingerprint density at radius 1 is 1.11 bits per heavy atom. The second-order valence-corrected chi connectivity index (χ2v) is 7.58. The van der Waals surface area contributed by atoms with Crippen molar-refractivity contribution in [3.05, 3.63) is 65.7 Å². The molecule has 0 amide bonds. The van der Waals surface area contributed by atoms with Gasteiger partial charge in [-0.25, -0.2) is 18.5 Å². The van der Waals surface area contributed by atoms with Crippen molar-refractivity contribution in [3.8, 4) is 0 Å². The number of rotatable bonds is 8. The van der Waals surface area contributed by atoms with Crippen molar-refractivity contribution in [2.75, 3.05) is 17.2 Å². The number of aromatic nitrogens is 2. The number of sulfonamides is 1. The minimum Gasteiger partial charge on any atom is -0.467 e. The lowest BCUT2D eigenvalue weighted by atomic mass is 10.1. The first-order chi connectivity index (χ1) is 12.9. The molecule has 2 heterocycles. The minimum absolute atomic E-state index is 0.105. The van der Waals surface area contributed by atoms with Gasteiger partial charge < -0.3 is 15.1 Å². The molecule has 8 nitrogen and oxygen atoms in total. The summed E-state index contributed by atoms with van der Waals surface area (Å²) in [7, 11) is -3.66. The zero-order valence-electron chi connectivity index (χ0n) is 14.8. The van der Waals surface area contributed by atoms with Crippen molar-refractivity contribution in [2.45, 2.75) is 24.8 Å². The Bertz CT molecular complexity index is 986. The lowest BCUT2D eigenvalue weighted by molar-refractivity contribution is 0.518. The lowest BCUT2D eigenvalue weighted by Gasteiger charge is -2.09. The standard InChI is InChI=1S/C18H21N5O3S/c1-13-11-17(21-12-15-3-2-10-26-15)23-18(22-13)20-9-8-14-4-6-16(7-5-14)27(19,24)25/h2-7,10-11H,8-9,12H2,1H3,(H2,19,24,25)(H2,20,21,22,23). The van der Waals surface area contributed by atoms with Crippen molar-refractivity contribution in [1.82, 2.24) is 9.97 Å². The molecule has 0 fully saturated rings. The van der Waals surface area contributed by atoms with E-state index >= 15 is 0 Å². The maximum Gasteiger partial charge on any atom is 0.238 e. The summed E-state index contributed by atoms with van der Waals surface area (Å²) in [6.45, 7) is 3.05. The smallest absolute Gasteiger partial charge is 0.238 e. The van der Waals surface area contributed by atoms with E-state index in [0.29, 0.717) is 31.3 Å². The molecule has 0 aliphatic carbocycles. The van der Waals surface area contributed by atoms with E-state index in [1.54, 1.807) is 18.4 Å². The van der Waals surface area contributed by atoms with Crippen molar-refractivity contribution in [1.29, 1.82) is 0 Å². The normalized spacial score (nSPS) is 11.3. The summed E-state index contributed by atoms with van der Waals surface area (Å²) in [5.41, 5.74) is 1.82. The molecule has 4 N–H and O–H groups in total. The van der Waals surface area contributed by atoms with Gasteiger partial charge in [-0.1, -0.05) is 12.1 Å². The molecule has 3 aromatic rings. The van der Waals surface area contributed by atoms with Gasteiger partial charge in [0, 0.05) is 18.3 Å². The van der Waals surface area contributed by atoms with Gasteiger partial charge in [-0.15, -0.1) is 0 Å². The molecule has 0 saturated carbocycles. The largest absolute Gasteiger partial charge is 0.467 e. The van der Waals surface area contributed by atoms with E-state index in [9.17, 15) is 8.42 Å². The molecule has 0 aliphatic heterocycles. The van der Waals surface area contributed by atoms with Crippen LogP contribution in [0.3, 0.4) is 0 Å². The monoisotopic (exact) mass is 387 g/mol. The number of hydrogen-bond acceptors (Lipinski definition) is 7. The van der Waals surface area contributed by atoms with Gasteiger partial charge in [0.1, 0.15) is 11.6 Å². The van der Waals surface area contributed by atoms with Crippen molar-refractivity contribution >= 4 is 21.8 Å². The molecule has 0 saturated heterocycles. The Labute approximate surface area is 157 Å². The molecule has 27 heavy (non-hydrogen) atoms. The van der Waals surface area contributed by atoms with Gasteiger partial charge in [-0.3, -0.25) is 0 Å². The number of benzene rings is 1. The van der Waals surface area contributed by atoms with Crippen LogP contribution >= 0.6 is 0 Å². The van der Waals surface area contributed by atoms with Gasteiger partial charge >= 0.3 is 0 Å². The van der Waals surface area contributed by atoms with E-state index in [1.807, 2.05) is 25.1 Å². The van der Waals surface area contributed by atoms with Crippen LogP contribution in [0.5, 0.6) is 0 Å². The minimum atomic E-state index is -3.66. The van der Waals surface area contributed by atoms with Crippen molar-refractivity contribution < 1.29 is 12.8 Å². The average molecular weight is 387 g/mol. The number of aryl methyl sites for hydroxylation is 1. The van der Waals surface area contributed by atoms with Gasteiger partial charge in [0.25, 0.3) is 0 Å². The molecule has 0 aliphatic rings. The predicted octanol–water partition coefficient (Wildman–Crippen LogP) is 2.29.